The molecule has 0 radical (unpaired) electrons. The Kier molecular flexibility index (Phi) is 10.6. The van der Waals surface area contributed by atoms with E-state index in [-0.39, 0.29) is 23.4 Å². The van der Waals surface area contributed by atoms with Crippen molar-refractivity contribution >= 4 is 23.6 Å². The molecule has 0 aliphatic rings. The number of hydrogen-bond acceptors (Lipinski definition) is 3. The molecule has 4 nitrogen and oxygen atoms in total. The Hall–Kier alpha value is -2.34. The van der Waals surface area contributed by atoms with Crippen molar-refractivity contribution in [2.45, 2.75) is 45.4 Å². The summed E-state index contributed by atoms with van der Waals surface area (Å²) in [5, 5.41) is 2.97. The predicted octanol–water partition coefficient (Wildman–Crippen LogP) is 4.68. The normalized spacial score (nSPS) is 11.9. The Bertz CT molecular complexity index is 829. The van der Waals surface area contributed by atoms with Gasteiger partial charge in [-0.15, -0.1) is 11.8 Å². The number of amides is 2. The van der Waals surface area contributed by atoms with Gasteiger partial charge in [0.15, 0.2) is 0 Å². The maximum absolute atomic E-state index is 13.9. The van der Waals surface area contributed by atoms with Gasteiger partial charge in [0.1, 0.15) is 11.9 Å². The summed E-state index contributed by atoms with van der Waals surface area (Å²) in [6.07, 6.45) is 1.22. The lowest BCUT2D eigenvalue weighted by Gasteiger charge is -2.31. The molecule has 2 amide bonds. The lowest BCUT2D eigenvalue weighted by atomic mass is 10.1. The van der Waals surface area contributed by atoms with Crippen LogP contribution in [0.2, 0.25) is 0 Å². The number of carbonyl (C=O) groups excluding carboxylic acids is 2. The van der Waals surface area contributed by atoms with Crippen LogP contribution in [0.25, 0.3) is 0 Å². The number of thioether (sulfide) groups is 1. The van der Waals surface area contributed by atoms with Crippen molar-refractivity contribution in [1.82, 2.24) is 10.2 Å². The molecule has 0 unspecified atom stereocenters. The molecule has 0 fully saturated rings. The highest BCUT2D eigenvalue weighted by Gasteiger charge is 2.28. The van der Waals surface area contributed by atoms with E-state index in [1.807, 2.05) is 51.1 Å². The van der Waals surface area contributed by atoms with Crippen LogP contribution in [0.3, 0.4) is 0 Å². The van der Waals surface area contributed by atoms with Gasteiger partial charge in [0.05, 0.1) is 5.75 Å². The highest BCUT2D eigenvalue weighted by Crippen LogP contribution is 2.17. The number of nitrogens with zero attached hydrogens (tertiary/aromatic N) is 1. The van der Waals surface area contributed by atoms with Gasteiger partial charge < -0.3 is 10.2 Å². The van der Waals surface area contributed by atoms with Gasteiger partial charge in [-0.2, -0.15) is 0 Å². The third-order valence-corrected chi connectivity index (χ3v) is 5.96. The molecule has 0 saturated carbocycles. The van der Waals surface area contributed by atoms with Crippen LogP contribution in [0, 0.1) is 11.7 Å². The first-order valence-electron chi connectivity index (χ1n) is 10.8. The monoisotopic (exact) mass is 444 g/mol. The average Bonchev–Trinajstić information content (AvgIpc) is 2.76. The standard InChI is InChI=1S/C25H33FN2O2S/c1-4-23(25(30)27-16-19(2)3)28(15-14-20-10-6-5-7-11-20)24(29)18-31-17-21-12-8-9-13-22(21)26/h5-13,19,23H,4,14-18H2,1-3H3,(H,27,30)/t23-/m1/s1. The Labute approximate surface area is 189 Å². The fourth-order valence-electron chi connectivity index (χ4n) is 3.27. The summed E-state index contributed by atoms with van der Waals surface area (Å²) in [6.45, 7) is 7.06. The van der Waals surface area contributed by atoms with Gasteiger partial charge in [0, 0.05) is 18.8 Å². The van der Waals surface area contributed by atoms with E-state index >= 15 is 0 Å². The minimum absolute atomic E-state index is 0.0937. The molecule has 1 N–H and O–H groups in total. The Morgan fingerprint density at radius 2 is 1.74 bits per heavy atom. The summed E-state index contributed by atoms with van der Waals surface area (Å²) in [4.78, 5) is 27.6. The van der Waals surface area contributed by atoms with Crippen LogP contribution in [-0.2, 0) is 21.8 Å². The minimum atomic E-state index is -0.510. The number of halogens is 1. The van der Waals surface area contributed by atoms with Crippen molar-refractivity contribution in [3.05, 3.63) is 71.5 Å². The highest BCUT2D eigenvalue weighted by molar-refractivity contribution is 7.99. The molecule has 0 heterocycles. The molecule has 168 valence electrons. The zero-order valence-electron chi connectivity index (χ0n) is 18.6. The fraction of sp³-hybridized carbons (Fsp3) is 0.440. The molecule has 2 aromatic rings. The second-order valence-corrected chi connectivity index (χ2v) is 8.96. The number of rotatable bonds is 12. The molecule has 0 saturated heterocycles. The maximum Gasteiger partial charge on any atom is 0.242 e. The molecule has 2 rings (SSSR count). The number of hydrogen-bond donors (Lipinski definition) is 1. The van der Waals surface area contributed by atoms with Crippen LogP contribution in [0.5, 0.6) is 0 Å². The van der Waals surface area contributed by atoms with Gasteiger partial charge in [-0.3, -0.25) is 9.59 Å². The number of benzene rings is 2. The van der Waals surface area contributed by atoms with Gasteiger partial charge in [-0.25, -0.2) is 4.39 Å². The van der Waals surface area contributed by atoms with Crippen LogP contribution in [0.1, 0.15) is 38.3 Å². The number of nitrogens with one attached hydrogen (secondary N) is 1. The van der Waals surface area contributed by atoms with E-state index < -0.39 is 6.04 Å². The first-order chi connectivity index (χ1) is 14.9. The summed E-state index contributed by atoms with van der Waals surface area (Å²) in [5.74, 6) is 0.493. The summed E-state index contributed by atoms with van der Waals surface area (Å²) in [6, 6.07) is 16.0. The van der Waals surface area contributed by atoms with Crippen LogP contribution < -0.4 is 5.32 Å². The van der Waals surface area contributed by atoms with Crippen LogP contribution in [-0.4, -0.2) is 41.6 Å². The fourth-order valence-corrected chi connectivity index (χ4v) is 4.16. The molecule has 0 aliphatic heterocycles. The summed E-state index contributed by atoms with van der Waals surface area (Å²) in [5.41, 5.74) is 1.70. The Morgan fingerprint density at radius 3 is 2.39 bits per heavy atom. The van der Waals surface area contributed by atoms with Crippen LogP contribution >= 0.6 is 11.8 Å². The Balaban J connectivity index is 2.05. The topological polar surface area (TPSA) is 49.4 Å². The quantitative estimate of drug-likeness (QED) is 0.517. The van der Waals surface area contributed by atoms with Crippen LogP contribution in [0.4, 0.5) is 4.39 Å². The van der Waals surface area contributed by atoms with Crippen molar-refractivity contribution in [3.63, 3.8) is 0 Å². The molecule has 0 aromatic heterocycles. The summed E-state index contributed by atoms with van der Waals surface area (Å²) >= 11 is 1.37. The molecule has 31 heavy (non-hydrogen) atoms. The molecule has 0 aliphatic carbocycles. The van der Waals surface area contributed by atoms with Crippen molar-refractivity contribution < 1.29 is 14.0 Å². The van der Waals surface area contributed by atoms with E-state index in [9.17, 15) is 14.0 Å². The summed E-state index contributed by atoms with van der Waals surface area (Å²) < 4.78 is 13.9. The average molecular weight is 445 g/mol. The van der Waals surface area contributed by atoms with E-state index in [1.165, 1.54) is 17.8 Å². The van der Waals surface area contributed by atoms with E-state index in [1.54, 1.807) is 23.1 Å². The van der Waals surface area contributed by atoms with E-state index in [0.29, 0.717) is 43.2 Å². The predicted molar refractivity (Wildman–Crippen MR) is 126 cm³/mol. The SMILES string of the molecule is CC[C@H](C(=O)NCC(C)C)N(CCc1ccccc1)C(=O)CSCc1ccccc1F. The van der Waals surface area contributed by atoms with Crippen molar-refractivity contribution in [3.8, 4) is 0 Å². The van der Waals surface area contributed by atoms with E-state index in [4.69, 9.17) is 0 Å². The lowest BCUT2D eigenvalue weighted by Crippen LogP contribution is -2.51. The smallest absolute Gasteiger partial charge is 0.242 e. The third-order valence-electron chi connectivity index (χ3n) is 5.00. The van der Waals surface area contributed by atoms with Gasteiger partial charge >= 0.3 is 0 Å². The second-order valence-electron chi connectivity index (χ2n) is 7.97. The molecule has 0 spiro atoms. The van der Waals surface area contributed by atoms with E-state index in [2.05, 4.69) is 5.32 Å². The molecular weight excluding hydrogens is 411 g/mol. The third kappa shape index (κ3) is 8.37. The molecule has 6 heteroatoms. The molecular formula is C25H33FN2O2S. The Morgan fingerprint density at radius 1 is 1.06 bits per heavy atom. The zero-order chi connectivity index (χ0) is 22.6. The molecule has 0 bridgehead atoms. The first-order valence-corrected chi connectivity index (χ1v) is 12.0. The summed E-state index contributed by atoms with van der Waals surface area (Å²) in [7, 11) is 0. The van der Waals surface area contributed by atoms with Crippen molar-refractivity contribution in [2.75, 3.05) is 18.8 Å². The second kappa shape index (κ2) is 13.2. The number of carbonyl (C=O) groups is 2. The largest absolute Gasteiger partial charge is 0.354 e. The lowest BCUT2D eigenvalue weighted by molar-refractivity contribution is -0.138. The van der Waals surface area contributed by atoms with Gasteiger partial charge in [-0.05, 0) is 36.0 Å². The van der Waals surface area contributed by atoms with Crippen LogP contribution in [0.15, 0.2) is 54.6 Å². The maximum atomic E-state index is 13.9. The van der Waals surface area contributed by atoms with Crippen molar-refractivity contribution in [2.24, 2.45) is 5.92 Å². The van der Waals surface area contributed by atoms with Gasteiger partial charge in [0.2, 0.25) is 11.8 Å². The molecule has 1 atom stereocenters. The van der Waals surface area contributed by atoms with Gasteiger partial charge in [-0.1, -0.05) is 69.3 Å². The highest BCUT2D eigenvalue weighted by atomic mass is 32.2. The van der Waals surface area contributed by atoms with Gasteiger partial charge in [0.25, 0.3) is 0 Å². The first kappa shape index (κ1) is 24.9. The van der Waals surface area contributed by atoms with Crippen molar-refractivity contribution in [1.29, 1.82) is 0 Å². The molecule has 2 aromatic carbocycles. The van der Waals surface area contributed by atoms with E-state index in [0.717, 1.165) is 5.56 Å². The minimum Gasteiger partial charge on any atom is -0.354 e. The zero-order valence-corrected chi connectivity index (χ0v) is 19.5.